The molecule has 0 spiro atoms. The topological polar surface area (TPSA) is 75.6 Å². The molecule has 0 unspecified atom stereocenters. The van der Waals surface area contributed by atoms with E-state index < -0.39 is 17.7 Å². The number of aliphatic carboxylic acids is 1. The zero-order valence-electron chi connectivity index (χ0n) is 10.5. The number of carbonyl (C=O) groups is 2. The van der Waals surface area contributed by atoms with E-state index >= 15 is 0 Å². The fourth-order valence-corrected chi connectivity index (χ4v) is 0.981. The highest BCUT2D eigenvalue weighted by Gasteiger charge is 2.15. The van der Waals surface area contributed by atoms with Crippen LogP contribution in [0.15, 0.2) is 0 Å². The minimum absolute atomic E-state index is 0.436. The molecule has 2 N–H and O–H groups in total. The summed E-state index contributed by atoms with van der Waals surface area (Å²) in [5.74, 6) is 3.43. The van der Waals surface area contributed by atoms with Gasteiger partial charge in [-0.25, -0.2) is 9.59 Å². The molecular weight excluding hydrogens is 222 g/mol. The second kappa shape index (κ2) is 7.55. The van der Waals surface area contributed by atoms with Crippen LogP contribution < -0.4 is 5.32 Å². The molecule has 0 radical (unpaired) electrons. The summed E-state index contributed by atoms with van der Waals surface area (Å²) in [4.78, 5) is 21.3. The maximum Gasteiger partial charge on any atom is 0.407 e. The first-order chi connectivity index (χ1) is 7.81. The number of carbonyl (C=O) groups excluding carboxylic acids is 1. The number of nitrogens with one attached hydrogen (secondary N) is 1. The molecule has 0 saturated heterocycles. The number of alkyl carbamates (subject to hydrolysis) is 1. The maximum atomic E-state index is 11.2. The highest BCUT2D eigenvalue weighted by Crippen LogP contribution is 2.06. The van der Waals surface area contributed by atoms with E-state index in [4.69, 9.17) is 9.84 Å². The highest BCUT2D eigenvalue weighted by molar-refractivity contribution is 5.86. The first-order valence-electron chi connectivity index (χ1n) is 5.50. The van der Waals surface area contributed by atoms with Gasteiger partial charge in [0.15, 0.2) is 0 Å². The van der Waals surface area contributed by atoms with Gasteiger partial charge >= 0.3 is 12.1 Å². The summed E-state index contributed by atoms with van der Waals surface area (Å²) >= 11 is 0. The van der Waals surface area contributed by atoms with Gasteiger partial charge in [0.05, 0.1) is 0 Å². The fraction of sp³-hybridized carbons (Fsp3) is 0.667. The first-order valence-corrected chi connectivity index (χ1v) is 5.50. The highest BCUT2D eigenvalue weighted by atomic mass is 16.6. The van der Waals surface area contributed by atoms with Crippen LogP contribution in [0.1, 0.15) is 40.0 Å². The molecule has 0 bridgehead atoms. The fourth-order valence-electron chi connectivity index (χ4n) is 0.981. The molecule has 0 aromatic carbocycles. The number of hydrogen-bond acceptors (Lipinski definition) is 3. The third kappa shape index (κ3) is 12.2. The van der Waals surface area contributed by atoms with Crippen molar-refractivity contribution in [2.75, 3.05) is 6.54 Å². The summed E-state index contributed by atoms with van der Waals surface area (Å²) in [6.07, 6.45) is 1.57. The summed E-state index contributed by atoms with van der Waals surface area (Å²) in [7, 11) is 0. The van der Waals surface area contributed by atoms with Crippen molar-refractivity contribution in [1.82, 2.24) is 5.32 Å². The molecule has 0 aliphatic rings. The smallest absolute Gasteiger partial charge is 0.407 e. The quantitative estimate of drug-likeness (QED) is 0.581. The van der Waals surface area contributed by atoms with Crippen LogP contribution >= 0.6 is 0 Å². The van der Waals surface area contributed by atoms with Gasteiger partial charge in [-0.15, -0.1) is 0 Å². The van der Waals surface area contributed by atoms with Gasteiger partial charge in [0.25, 0.3) is 0 Å². The molecule has 0 heterocycles. The van der Waals surface area contributed by atoms with Crippen molar-refractivity contribution in [1.29, 1.82) is 0 Å². The second-order valence-corrected chi connectivity index (χ2v) is 4.49. The summed E-state index contributed by atoms with van der Waals surface area (Å²) in [6.45, 7) is 5.90. The predicted molar refractivity (Wildman–Crippen MR) is 63.5 cm³/mol. The molecule has 0 aliphatic carbocycles. The Morgan fingerprint density at radius 1 is 1.29 bits per heavy atom. The monoisotopic (exact) mass is 241 g/mol. The lowest BCUT2D eigenvalue weighted by molar-refractivity contribution is -0.130. The lowest BCUT2D eigenvalue weighted by Gasteiger charge is -2.19. The summed E-state index contributed by atoms with van der Waals surface area (Å²) in [5.41, 5.74) is -0.489. The molecular formula is C12H19NO4. The molecule has 96 valence electrons. The number of hydrogen-bond donors (Lipinski definition) is 2. The number of ether oxygens (including phenoxy) is 1. The van der Waals surface area contributed by atoms with Crippen molar-refractivity contribution >= 4 is 12.1 Å². The molecule has 5 heteroatoms. The Kier molecular flexibility index (Phi) is 6.80. The van der Waals surface area contributed by atoms with Crippen LogP contribution in [-0.4, -0.2) is 29.3 Å². The summed E-state index contributed by atoms with van der Waals surface area (Å²) < 4.78 is 5.04. The third-order valence-corrected chi connectivity index (χ3v) is 1.59. The first kappa shape index (κ1) is 15.3. The van der Waals surface area contributed by atoms with Crippen LogP contribution in [0.3, 0.4) is 0 Å². The van der Waals surface area contributed by atoms with Gasteiger partial charge in [-0.2, -0.15) is 0 Å². The number of rotatable bonds is 4. The minimum atomic E-state index is -1.11. The van der Waals surface area contributed by atoms with E-state index in [1.807, 2.05) is 5.92 Å². The Morgan fingerprint density at radius 2 is 1.94 bits per heavy atom. The second-order valence-electron chi connectivity index (χ2n) is 4.49. The van der Waals surface area contributed by atoms with E-state index in [1.54, 1.807) is 20.8 Å². The normalized spacial score (nSPS) is 10.1. The van der Waals surface area contributed by atoms with E-state index in [2.05, 4.69) is 11.2 Å². The van der Waals surface area contributed by atoms with Gasteiger partial charge in [0.2, 0.25) is 0 Å². The van der Waals surface area contributed by atoms with Crippen LogP contribution in [0.5, 0.6) is 0 Å². The van der Waals surface area contributed by atoms with Crippen molar-refractivity contribution in [3.63, 3.8) is 0 Å². The number of unbranched alkanes of at least 4 members (excludes halogenated alkanes) is 2. The van der Waals surface area contributed by atoms with E-state index in [9.17, 15) is 9.59 Å². The van der Waals surface area contributed by atoms with Crippen LogP contribution in [-0.2, 0) is 9.53 Å². The standard InChI is InChI=1S/C12H19NO4/c1-12(2,3)17-11(16)13-9-7-5-4-6-8-10(14)15/h4-5,7,9H2,1-3H3,(H,13,16)(H,14,15). The van der Waals surface area contributed by atoms with Crippen molar-refractivity contribution < 1.29 is 19.4 Å². The van der Waals surface area contributed by atoms with E-state index in [1.165, 1.54) is 0 Å². The van der Waals surface area contributed by atoms with E-state index in [0.717, 1.165) is 12.8 Å². The molecule has 0 atom stereocenters. The van der Waals surface area contributed by atoms with Crippen LogP contribution in [0.2, 0.25) is 0 Å². The molecule has 17 heavy (non-hydrogen) atoms. The summed E-state index contributed by atoms with van der Waals surface area (Å²) in [5, 5.41) is 10.9. The zero-order chi connectivity index (χ0) is 13.3. The zero-order valence-corrected chi connectivity index (χ0v) is 10.5. The Hall–Kier alpha value is -1.70. The number of amides is 1. The molecule has 0 aliphatic heterocycles. The van der Waals surface area contributed by atoms with E-state index in [-0.39, 0.29) is 0 Å². The number of carboxylic acid groups (broad SMARTS) is 1. The molecule has 0 fully saturated rings. The predicted octanol–water partition coefficient (Wildman–Crippen LogP) is 1.77. The lowest BCUT2D eigenvalue weighted by Crippen LogP contribution is -2.32. The Bertz CT molecular complexity index is 320. The lowest BCUT2D eigenvalue weighted by atomic mass is 10.2. The van der Waals surface area contributed by atoms with Gasteiger partial charge in [-0.1, -0.05) is 5.92 Å². The van der Waals surface area contributed by atoms with Gasteiger partial charge in [0.1, 0.15) is 5.60 Å². The van der Waals surface area contributed by atoms with Crippen molar-refractivity contribution in [2.45, 2.75) is 45.6 Å². The van der Waals surface area contributed by atoms with Crippen LogP contribution in [0.4, 0.5) is 4.79 Å². The average molecular weight is 241 g/mol. The largest absolute Gasteiger partial charge is 0.472 e. The SMILES string of the molecule is CC(C)(C)OC(=O)NCCCCC#CC(=O)O. The van der Waals surface area contributed by atoms with Crippen molar-refractivity contribution in [3.8, 4) is 11.8 Å². The Morgan fingerprint density at radius 3 is 2.47 bits per heavy atom. The Labute approximate surface area is 102 Å². The van der Waals surface area contributed by atoms with Gasteiger partial charge in [0, 0.05) is 18.9 Å². The van der Waals surface area contributed by atoms with Gasteiger partial charge in [-0.3, -0.25) is 0 Å². The third-order valence-electron chi connectivity index (χ3n) is 1.59. The maximum absolute atomic E-state index is 11.2. The molecule has 0 aromatic rings. The number of carboxylic acids is 1. The van der Waals surface area contributed by atoms with Crippen LogP contribution in [0, 0.1) is 11.8 Å². The molecule has 0 aromatic heterocycles. The van der Waals surface area contributed by atoms with Gasteiger partial charge in [-0.05, 0) is 33.6 Å². The average Bonchev–Trinajstić information content (AvgIpc) is 2.12. The van der Waals surface area contributed by atoms with Crippen LogP contribution in [0.25, 0.3) is 0 Å². The molecule has 1 amide bonds. The molecule has 0 rings (SSSR count). The van der Waals surface area contributed by atoms with Gasteiger partial charge < -0.3 is 15.2 Å². The van der Waals surface area contributed by atoms with Crippen molar-refractivity contribution in [3.05, 3.63) is 0 Å². The minimum Gasteiger partial charge on any atom is -0.472 e. The molecule has 5 nitrogen and oxygen atoms in total. The Balaban J connectivity index is 3.50. The summed E-state index contributed by atoms with van der Waals surface area (Å²) in [6, 6.07) is 0. The van der Waals surface area contributed by atoms with E-state index in [0.29, 0.717) is 13.0 Å². The molecule has 0 saturated carbocycles. The van der Waals surface area contributed by atoms with Crippen molar-refractivity contribution in [2.24, 2.45) is 0 Å².